The fourth-order valence-electron chi connectivity index (χ4n) is 4.32. The summed E-state index contributed by atoms with van der Waals surface area (Å²) >= 11 is 0. The molecule has 3 rings (SSSR count). The molecule has 0 amide bonds. The number of carboxylic acids is 1. The summed E-state index contributed by atoms with van der Waals surface area (Å²) in [6.07, 6.45) is 2.87. The molecule has 0 radical (unpaired) electrons. The smallest absolute Gasteiger partial charge is 0.303 e. The van der Waals surface area contributed by atoms with E-state index in [2.05, 4.69) is 9.83 Å². The Morgan fingerprint density at radius 2 is 1.89 bits per heavy atom. The Kier molecular flexibility index (Phi) is 8.41. The molecule has 2 heterocycles. The molecule has 0 aliphatic rings. The number of nitrogens with zero attached hydrogens (tertiary/aromatic N) is 3. The zero-order valence-electron chi connectivity index (χ0n) is 19.9. The summed E-state index contributed by atoms with van der Waals surface area (Å²) in [7, 11) is -1.46. The number of unbranched alkanes of at least 4 members (excludes halogenated alkanes) is 1. The average Bonchev–Trinajstić information content (AvgIpc) is 3.07. The summed E-state index contributed by atoms with van der Waals surface area (Å²) in [6.45, 7) is 9.01. The first-order chi connectivity index (χ1) is 16.6. The fourth-order valence-corrected chi connectivity index (χ4v) is 5.81. The van der Waals surface area contributed by atoms with E-state index in [0.29, 0.717) is 41.5 Å². The van der Waals surface area contributed by atoms with Crippen LogP contribution in [0.25, 0.3) is 15.9 Å². The molecule has 0 spiro atoms. The van der Waals surface area contributed by atoms with Crippen molar-refractivity contribution in [1.29, 1.82) is 0 Å². The highest BCUT2D eigenvalue weighted by atomic mass is 32.2. The SMILES string of the molecule is [C-]#[N+]c1cnc2c(c1)c(C(=O)CC(C)CC(=O)O)c(CCCCS(=O)(=O)Cc1ccccc1)n2C. The minimum absolute atomic E-state index is 0.00357. The largest absolute Gasteiger partial charge is 0.481 e. The van der Waals surface area contributed by atoms with Crippen LogP contribution in [-0.2, 0) is 33.9 Å². The molecule has 35 heavy (non-hydrogen) atoms. The maximum absolute atomic E-state index is 13.3. The summed E-state index contributed by atoms with van der Waals surface area (Å²) in [4.78, 5) is 32.1. The van der Waals surface area contributed by atoms with E-state index in [4.69, 9.17) is 11.7 Å². The minimum Gasteiger partial charge on any atom is -0.481 e. The van der Waals surface area contributed by atoms with Gasteiger partial charge in [-0.15, -0.1) is 0 Å². The number of carbonyl (C=O) groups is 2. The fraction of sp³-hybridized carbons (Fsp3) is 0.385. The van der Waals surface area contributed by atoms with Crippen molar-refractivity contribution in [1.82, 2.24) is 9.55 Å². The lowest BCUT2D eigenvalue weighted by Gasteiger charge is -2.11. The van der Waals surface area contributed by atoms with Gasteiger partial charge in [0.05, 0.1) is 18.1 Å². The number of aromatic nitrogens is 2. The second-order valence-corrected chi connectivity index (χ2v) is 11.1. The van der Waals surface area contributed by atoms with Gasteiger partial charge in [-0.1, -0.05) is 37.3 Å². The first-order valence-corrected chi connectivity index (χ1v) is 13.3. The monoisotopic (exact) mass is 495 g/mol. The average molecular weight is 496 g/mol. The minimum atomic E-state index is -3.26. The lowest BCUT2D eigenvalue weighted by atomic mass is 9.94. The molecule has 0 aliphatic heterocycles. The second kappa shape index (κ2) is 11.3. The highest BCUT2D eigenvalue weighted by molar-refractivity contribution is 7.90. The van der Waals surface area contributed by atoms with Gasteiger partial charge in [0.2, 0.25) is 5.69 Å². The van der Waals surface area contributed by atoms with Crippen molar-refractivity contribution >= 4 is 38.3 Å². The summed E-state index contributed by atoms with van der Waals surface area (Å²) in [5, 5.41) is 9.63. The maximum atomic E-state index is 13.3. The number of aryl methyl sites for hydroxylation is 1. The van der Waals surface area contributed by atoms with Crippen LogP contribution in [0.5, 0.6) is 0 Å². The zero-order chi connectivity index (χ0) is 25.6. The van der Waals surface area contributed by atoms with Crippen LogP contribution >= 0.6 is 0 Å². The van der Waals surface area contributed by atoms with Gasteiger partial charge in [-0.2, -0.15) is 0 Å². The van der Waals surface area contributed by atoms with Gasteiger partial charge in [0.25, 0.3) is 0 Å². The van der Waals surface area contributed by atoms with Crippen molar-refractivity contribution in [3.05, 3.63) is 70.8 Å². The van der Waals surface area contributed by atoms with Gasteiger partial charge in [0, 0.05) is 42.7 Å². The first kappa shape index (κ1) is 26.1. The van der Waals surface area contributed by atoms with Crippen molar-refractivity contribution in [2.75, 3.05) is 5.75 Å². The summed E-state index contributed by atoms with van der Waals surface area (Å²) in [5.41, 5.74) is 2.81. The lowest BCUT2D eigenvalue weighted by molar-refractivity contribution is -0.137. The van der Waals surface area contributed by atoms with Crippen LogP contribution in [0, 0.1) is 12.5 Å². The highest BCUT2D eigenvalue weighted by Gasteiger charge is 2.24. The number of sulfone groups is 1. The molecule has 8 nitrogen and oxygen atoms in total. The van der Waals surface area contributed by atoms with Crippen molar-refractivity contribution in [3.63, 3.8) is 0 Å². The van der Waals surface area contributed by atoms with Crippen LogP contribution in [-0.4, -0.2) is 40.6 Å². The topological polar surface area (TPSA) is 111 Å². The van der Waals surface area contributed by atoms with Gasteiger partial charge in [0.15, 0.2) is 15.6 Å². The third kappa shape index (κ3) is 6.76. The molecule has 9 heteroatoms. The maximum Gasteiger partial charge on any atom is 0.303 e. The van der Waals surface area contributed by atoms with E-state index in [9.17, 15) is 18.0 Å². The van der Waals surface area contributed by atoms with Gasteiger partial charge in [-0.25, -0.2) is 18.2 Å². The molecular formula is C26H29N3O5S. The quantitative estimate of drug-likeness (QED) is 0.221. The number of carboxylic acid groups (broad SMARTS) is 1. The van der Waals surface area contributed by atoms with Crippen molar-refractivity contribution in [2.45, 2.75) is 44.8 Å². The van der Waals surface area contributed by atoms with Crippen LogP contribution in [0.15, 0.2) is 42.6 Å². The van der Waals surface area contributed by atoms with Crippen molar-refractivity contribution in [2.24, 2.45) is 13.0 Å². The Morgan fingerprint density at radius 3 is 2.54 bits per heavy atom. The van der Waals surface area contributed by atoms with Gasteiger partial charge < -0.3 is 9.67 Å². The number of hydrogen-bond donors (Lipinski definition) is 1. The normalized spacial score (nSPS) is 12.4. The van der Waals surface area contributed by atoms with E-state index in [0.717, 1.165) is 11.3 Å². The van der Waals surface area contributed by atoms with Gasteiger partial charge in [0.1, 0.15) is 5.65 Å². The third-order valence-corrected chi connectivity index (χ3v) is 7.63. The standard InChI is InChI=1S/C26H29N3O5S/c1-18(14-24(31)32)13-23(30)25-21-15-20(27-2)16-28-26(21)29(3)22(25)11-7-8-12-35(33,34)17-19-9-5-4-6-10-19/h4-6,9-10,15-16,18H,7-8,11-14,17H2,1,3H3,(H,31,32). The molecule has 1 unspecified atom stereocenters. The molecule has 0 fully saturated rings. The molecule has 0 bridgehead atoms. The van der Waals surface area contributed by atoms with E-state index < -0.39 is 15.8 Å². The number of hydrogen-bond acceptors (Lipinski definition) is 5. The van der Waals surface area contributed by atoms with Gasteiger partial charge in [-0.3, -0.25) is 9.59 Å². The number of aliphatic carboxylic acids is 1. The zero-order valence-corrected chi connectivity index (χ0v) is 20.7. The van der Waals surface area contributed by atoms with Gasteiger partial charge in [-0.05, 0) is 36.8 Å². The molecular weight excluding hydrogens is 466 g/mol. The summed E-state index contributed by atoms with van der Waals surface area (Å²) in [6, 6.07) is 10.7. The van der Waals surface area contributed by atoms with E-state index in [1.807, 2.05) is 22.8 Å². The van der Waals surface area contributed by atoms with Crippen molar-refractivity contribution in [3.8, 4) is 0 Å². The Morgan fingerprint density at radius 1 is 1.17 bits per heavy atom. The number of benzene rings is 1. The number of Topliss-reactive ketones (excluding diaryl/α,β-unsaturated/α-hetero) is 1. The Balaban J connectivity index is 1.79. The van der Waals surface area contributed by atoms with Crippen LogP contribution in [0.1, 0.15) is 54.2 Å². The van der Waals surface area contributed by atoms with Crippen LogP contribution < -0.4 is 0 Å². The first-order valence-electron chi connectivity index (χ1n) is 11.5. The molecule has 3 aromatic rings. The van der Waals surface area contributed by atoms with Crippen LogP contribution in [0.3, 0.4) is 0 Å². The Hall–Kier alpha value is -3.51. The molecule has 0 aliphatic carbocycles. The molecule has 184 valence electrons. The number of fused-ring (bicyclic) bond motifs is 1. The predicted molar refractivity (Wildman–Crippen MR) is 134 cm³/mol. The molecule has 1 N–H and O–H groups in total. The van der Waals surface area contributed by atoms with E-state index in [1.54, 1.807) is 32.2 Å². The van der Waals surface area contributed by atoms with Crippen LogP contribution in [0.2, 0.25) is 0 Å². The Bertz CT molecular complexity index is 1370. The summed E-state index contributed by atoms with van der Waals surface area (Å²) < 4.78 is 26.9. The number of rotatable bonds is 12. The third-order valence-electron chi connectivity index (χ3n) is 5.95. The molecule has 2 aromatic heterocycles. The second-order valence-electron chi connectivity index (χ2n) is 8.92. The lowest BCUT2D eigenvalue weighted by Crippen LogP contribution is -2.13. The number of pyridine rings is 1. The number of ketones is 1. The predicted octanol–water partition coefficient (Wildman–Crippen LogP) is 4.75. The summed E-state index contributed by atoms with van der Waals surface area (Å²) in [5.74, 6) is -1.46. The highest BCUT2D eigenvalue weighted by Crippen LogP contribution is 2.30. The molecule has 1 aromatic carbocycles. The van der Waals surface area contributed by atoms with Gasteiger partial charge >= 0.3 is 5.97 Å². The van der Waals surface area contributed by atoms with Crippen molar-refractivity contribution < 1.29 is 23.1 Å². The van der Waals surface area contributed by atoms with E-state index >= 15 is 0 Å². The Labute approximate surface area is 205 Å². The number of carbonyl (C=O) groups excluding carboxylic acids is 1. The molecule has 1 atom stereocenters. The molecule has 0 saturated carbocycles. The van der Waals surface area contributed by atoms with E-state index in [1.165, 1.54) is 6.20 Å². The van der Waals surface area contributed by atoms with Crippen LogP contribution in [0.4, 0.5) is 5.69 Å². The molecule has 0 saturated heterocycles. The van der Waals surface area contributed by atoms with E-state index in [-0.39, 0.29) is 36.0 Å².